The van der Waals surface area contributed by atoms with E-state index in [1.807, 2.05) is 4.90 Å². The van der Waals surface area contributed by atoms with Gasteiger partial charge in [0.15, 0.2) is 5.96 Å². The molecule has 1 saturated heterocycles. The molecule has 0 saturated carbocycles. The van der Waals surface area contributed by atoms with Gasteiger partial charge in [-0.3, -0.25) is 9.79 Å². The zero-order chi connectivity index (χ0) is 20.9. The van der Waals surface area contributed by atoms with Gasteiger partial charge in [-0.1, -0.05) is 13.8 Å². The molecule has 2 rings (SSSR count). The van der Waals surface area contributed by atoms with E-state index in [4.69, 9.17) is 4.74 Å². The van der Waals surface area contributed by atoms with Crippen LogP contribution in [-0.4, -0.2) is 86.3 Å². The Kier molecular flexibility index (Phi) is 13.3. The number of halogens is 1. The molecule has 0 bridgehead atoms. The molecule has 1 fully saturated rings. The molecule has 30 heavy (non-hydrogen) atoms. The predicted molar refractivity (Wildman–Crippen MR) is 130 cm³/mol. The molecule has 10 heteroatoms. The fourth-order valence-electron chi connectivity index (χ4n) is 2.94. The van der Waals surface area contributed by atoms with E-state index in [1.54, 1.807) is 25.5 Å². The lowest BCUT2D eigenvalue weighted by molar-refractivity contribution is -0.131. The van der Waals surface area contributed by atoms with Gasteiger partial charge in [0.25, 0.3) is 0 Å². The number of amides is 1. The summed E-state index contributed by atoms with van der Waals surface area (Å²) in [4.78, 5) is 29.2. The molecule has 0 unspecified atom stereocenters. The van der Waals surface area contributed by atoms with Gasteiger partial charge in [-0.05, 0) is 18.4 Å². The Hall–Kier alpha value is -1.69. The SMILES string of the molecule is CN=C(NCCOCCC(C)C)NCCC(=O)N1CCN(c2ncccn2)CC1.I. The number of hydrogen-bond donors (Lipinski definition) is 2. The molecular formula is C20H36IN7O2. The highest BCUT2D eigenvalue weighted by atomic mass is 127. The van der Waals surface area contributed by atoms with Gasteiger partial charge in [-0.2, -0.15) is 0 Å². The summed E-state index contributed by atoms with van der Waals surface area (Å²) in [5, 5.41) is 6.39. The van der Waals surface area contributed by atoms with Crippen LogP contribution >= 0.6 is 24.0 Å². The van der Waals surface area contributed by atoms with Gasteiger partial charge in [0.2, 0.25) is 11.9 Å². The fourth-order valence-corrected chi connectivity index (χ4v) is 2.94. The zero-order valence-electron chi connectivity index (χ0n) is 18.3. The molecule has 9 nitrogen and oxygen atoms in total. The highest BCUT2D eigenvalue weighted by Gasteiger charge is 2.22. The number of piperazine rings is 1. The van der Waals surface area contributed by atoms with E-state index in [-0.39, 0.29) is 29.9 Å². The Morgan fingerprint density at radius 1 is 1.13 bits per heavy atom. The van der Waals surface area contributed by atoms with Crippen molar-refractivity contribution in [3.63, 3.8) is 0 Å². The van der Waals surface area contributed by atoms with E-state index >= 15 is 0 Å². The standard InChI is InChI=1S/C20H35N7O2.HI/c1-17(2)6-15-29-16-10-23-19(21-3)22-9-5-18(28)26-11-13-27(14-12-26)20-24-7-4-8-25-20;/h4,7-8,17H,5-6,9-16H2,1-3H3,(H2,21,22,23);1H. The van der Waals surface area contributed by atoms with Crippen molar-refractivity contribution in [2.24, 2.45) is 10.9 Å². The second-order valence-corrected chi connectivity index (χ2v) is 7.39. The highest BCUT2D eigenvalue weighted by molar-refractivity contribution is 14.0. The monoisotopic (exact) mass is 533 g/mol. The lowest BCUT2D eigenvalue weighted by Crippen LogP contribution is -2.50. The van der Waals surface area contributed by atoms with Crippen LogP contribution in [0.5, 0.6) is 0 Å². The van der Waals surface area contributed by atoms with Crippen LogP contribution in [0.4, 0.5) is 5.95 Å². The van der Waals surface area contributed by atoms with Crippen molar-refractivity contribution in [2.75, 3.05) is 64.4 Å². The van der Waals surface area contributed by atoms with Gasteiger partial charge in [-0.25, -0.2) is 9.97 Å². The quantitative estimate of drug-likeness (QED) is 0.203. The van der Waals surface area contributed by atoms with Gasteiger partial charge in [0.1, 0.15) is 0 Å². The number of guanidine groups is 1. The molecule has 1 amide bonds. The molecule has 1 aliphatic heterocycles. The Bertz CT molecular complexity index is 623. The normalized spacial score (nSPS) is 14.5. The number of carbonyl (C=O) groups is 1. The lowest BCUT2D eigenvalue weighted by Gasteiger charge is -2.34. The zero-order valence-corrected chi connectivity index (χ0v) is 20.7. The number of aromatic nitrogens is 2. The van der Waals surface area contributed by atoms with Crippen LogP contribution in [0.15, 0.2) is 23.5 Å². The van der Waals surface area contributed by atoms with E-state index in [0.717, 1.165) is 32.1 Å². The Morgan fingerprint density at radius 3 is 2.43 bits per heavy atom. The maximum Gasteiger partial charge on any atom is 0.225 e. The first kappa shape index (κ1) is 26.3. The first-order valence-electron chi connectivity index (χ1n) is 10.4. The summed E-state index contributed by atoms with van der Waals surface area (Å²) >= 11 is 0. The first-order chi connectivity index (χ1) is 14.1. The van der Waals surface area contributed by atoms with Crippen molar-refractivity contribution >= 4 is 41.8 Å². The van der Waals surface area contributed by atoms with Crippen molar-refractivity contribution in [3.8, 4) is 0 Å². The molecule has 1 aliphatic rings. The van der Waals surface area contributed by atoms with Crippen molar-refractivity contribution in [2.45, 2.75) is 26.7 Å². The fraction of sp³-hybridized carbons (Fsp3) is 0.700. The third-order valence-corrected chi connectivity index (χ3v) is 4.70. The second-order valence-electron chi connectivity index (χ2n) is 7.39. The molecule has 170 valence electrons. The largest absolute Gasteiger partial charge is 0.380 e. The van der Waals surface area contributed by atoms with Crippen LogP contribution < -0.4 is 15.5 Å². The van der Waals surface area contributed by atoms with Crippen molar-refractivity contribution in [3.05, 3.63) is 18.5 Å². The predicted octanol–water partition coefficient (Wildman–Crippen LogP) is 1.36. The number of ether oxygens (including phenoxy) is 1. The molecule has 0 radical (unpaired) electrons. The summed E-state index contributed by atoms with van der Waals surface area (Å²) in [7, 11) is 1.72. The molecule has 0 aromatic carbocycles. The Morgan fingerprint density at radius 2 is 1.80 bits per heavy atom. The number of hydrogen-bond acceptors (Lipinski definition) is 6. The lowest BCUT2D eigenvalue weighted by atomic mass is 10.1. The summed E-state index contributed by atoms with van der Waals surface area (Å²) in [6.07, 6.45) is 4.99. The number of rotatable bonds is 10. The average Bonchev–Trinajstić information content (AvgIpc) is 2.75. The van der Waals surface area contributed by atoms with Crippen LogP contribution in [0.1, 0.15) is 26.7 Å². The number of nitrogens with one attached hydrogen (secondary N) is 2. The van der Waals surface area contributed by atoms with Gasteiger partial charge in [0, 0.05) is 71.7 Å². The van der Waals surface area contributed by atoms with Crippen LogP contribution in [0.25, 0.3) is 0 Å². The Labute approximate surface area is 197 Å². The van der Waals surface area contributed by atoms with Crippen molar-refractivity contribution in [1.82, 2.24) is 25.5 Å². The summed E-state index contributed by atoms with van der Waals surface area (Å²) in [6, 6.07) is 1.80. The Balaban J connectivity index is 0.00000450. The summed E-state index contributed by atoms with van der Waals surface area (Å²) in [5.41, 5.74) is 0. The van der Waals surface area contributed by atoms with Gasteiger partial charge >= 0.3 is 0 Å². The van der Waals surface area contributed by atoms with E-state index in [1.165, 1.54) is 0 Å². The molecule has 2 N–H and O–H groups in total. The molecular weight excluding hydrogens is 497 g/mol. The summed E-state index contributed by atoms with van der Waals surface area (Å²) in [6.45, 7) is 9.93. The minimum Gasteiger partial charge on any atom is -0.380 e. The van der Waals surface area contributed by atoms with Crippen molar-refractivity contribution < 1.29 is 9.53 Å². The topological polar surface area (TPSA) is 95.0 Å². The number of nitrogens with zero attached hydrogens (tertiary/aromatic N) is 5. The van der Waals surface area contributed by atoms with Crippen LogP contribution in [0, 0.1) is 5.92 Å². The number of carbonyl (C=O) groups excluding carboxylic acids is 1. The molecule has 1 aromatic rings. The molecule has 0 atom stereocenters. The minimum absolute atomic E-state index is 0. The van der Waals surface area contributed by atoms with Crippen LogP contribution in [0.3, 0.4) is 0 Å². The highest BCUT2D eigenvalue weighted by Crippen LogP contribution is 2.10. The molecule has 0 spiro atoms. The number of aliphatic imine (C=N–C) groups is 1. The third-order valence-electron chi connectivity index (χ3n) is 4.70. The van der Waals surface area contributed by atoms with Crippen LogP contribution in [-0.2, 0) is 9.53 Å². The number of anilines is 1. The summed E-state index contributed by atoms with van der Waals surface area (Å²) < 4.78 is 5.58. The smallest absolute Gasteiger partial charge is 0.225 e. The molecule has 0 aliphatic carbocycles. The van der Waals surface area contributed by atoms with Crippen LogP contribution in [0.2, 0.25) is 0 Å². The van der Waals surface area contributed by atoms with Gasteiger partial charge < -0.3 is 25.2 Å². The van der Waals surface area contributed by atoms with E-state index in [2.05, 4.69) is 44.3 Å². The summed E-state index contributed by atoms with van der Waals surface area (Å²) in [5.74, 6) is 2.23. The maximum atomic E-state index is 12.5. The second kappa shape index (κ2) is 15.2. The molecule has 2 heterocycles. The van der Waals surface area contributed by atoms with E-state index < -0.39 is 0 Å². The first-order valence-corrected chi connectivity index (χ1v) is 10.4. The average molecular weight is 533 g/mol. The third kappa shape index (κ3) is 9.88. The minimum atomic E-state index is 0. The van der Waals surface area contributed by atoms with Gasteiger partial charge in [-0.15, -0.1) is 24.0 Å². The maximum absolute atomic E-state index is 12.5. The van der Waals surface area contributed by atoms with Crippen molar-refractivity contribution in [1.29, 1.82) is 0 Å². The van der Waals surface area contributed by atoms with E-state index in [0.29, 0.717) is 51.1 Å². The van der Waals surface area contributed by atoms with Gasteiger partial charge in [0.05, 0.1) is 6.61 Å². The molecule has 1 aromatic heterocycles. The van der Waals surface area contributed by atoms with E-state index in [9.17, 15) is 4.79 Å².